The van der Waals surface area contributed by atoms with Crippen LogP contribution < -0.4 is 0 Å². The molecule has 0 aromatic rings. The van der Waals surface area contributed by atoms with Gasteiger partial charge >= 0.3 is 0 Å². The summed E-state index contributed by atoms with van der Waals surface area (Å²) < 4.78 is 0. The molecule has 24 heavy (non-hydrogen) atoms. The topological polar surface area (TPSA) is 17.1 Å². The lowest BCUT2D eigenvalue weighted by Crippen LogP contribution is -2.57. The smallest absolute Gasteiger partial charge is 0.136 e. The second kappa shape index (κ2) is 5.71. The van der Waals surface area contributed by atoms with Crippen molar-refractivity contribution in [2.24, 2.45) is 40.4 Å². The summed E-state index contributed by atoms with van der Waals surface area (Å²) in [4.78, 5) is 12.9. The third-order valence-electron chi connectivity index (χ3n) is 9.14. The van der Waals surface area contributed by atoms with Crippen molar-refractivity contribution in [3.05, 3.63) is 12.2 Å². The van der Waals surface area contributed by atoms with Crippen LogP contribution in [0.25, 0.3) is 0 Å². The molecule has 1 nitrogen and oxygen atoms in total. The second-order valence-electron chi connectivity index (χ2n) is 10.4. The van der Waals surface area contributed by atoms with Gasteiger partial charge in [-0.1, -0.05) is 26.0 Å². The van der Waals surface area contributed by atoms with E-state index in [0.717, 1.165) is 30.6 Å². The van der Waals surface area contributed by atoms with Crippen molar-refractivity contribution < 1.29 is 4.79 Å². The van der Waals surface area contributed by atoms with Gasteiger partial charge < -0.3 is 0 Å². The Balaban J connectivity index is 1.66. The van der Waals surface area contributed by atoms with Gasteiger partial charge in [-0.05, 0) is 99.2 Å². The Labute approximate surface area is 148 Å². The monoisotopic (exact) mass is 328 g/mol. The molecule has 4 saturated carbocycles. The number of hydrogen-bond donors (Lipinski definition) is 0. The van der Waals surface area contributed by atoms with E-state index in [1.807, 2.05) is 0 Å². The highest BCUT2D eigenvalue weighted by Crippen LogP contribution is 2.66. The minimum absolute atomic E-state index is 0.314. The van der Waals surface area contributed by atoms with E-state index < -0.39 is 0 Å². The molecule has 0 bridgehead atoms. The van der Waals surface area contributed by atoms with E-state index in [1.54, 1.807) is 0 Å². The van der Waals surface area contributed by atoms with Gasteiger partial charge in [-0.2, -0.15) is 0 Å². The van der Waals surface area contributed by atoms with Crippen molar-refractivity contribution in [3.63, 3.8) is 0 Å². The summed E-state index contributed by atoms with van der Waals surface area (Å²) >= 11 is 0. The molecule has 4 aliphatic carbocycles. The Bertz CT molecular complexity index is 548. The first-order valence-electron chi connectivity index (χ1n) is 10.5. The predicted octanol–water partition coefficient (Wildman–Crippen LogP) is 6.18. The first-order valence-corrected chi connectivity index (χ1v) is 10.5. The highest BCUT2D eigenvalue weighted by molar-refractivity contribution is 5.83. The van der Waals surface area contributed by atoms with Crippen LogP contribution in [0, 0.1) is 40.4 Å². The van der Waals surface area contributed by atoms with Gasteiger partial charge in [0.25, 0.3) is 0 Å². The van der Waals surface area contributed by atoms with Crippen LogP contribution >= 0.6 is 0 Å². The lowest BCUT2D eigenvalue weighted by atomic mass is 9.41. The molecule has 0 N–H and O–H groups in total. The molecule has 7 atom stereocenters. The summed E-state index contributed by atoms with van der Waals surface area (Å²) in [5.41, 5.74) is 2.12. The van der Waals surface area contributed by atoms with E-state index >= 15 is 0 Å². The van der Waals surface area contributed by atoms with Crippen LogP contribution in [0.4, 0.5) is 0 Å². The molecule has 4 fully saturated rings. The van der Waals surface area contributed by atoms with Crippen molar-refractivity contribution in [2.75, 3.05) is 0 Å². The van der Waals surface area contributed by atoms with Crippen LogP contribution in [-0.4, -0.2) is 5.78 Å². The Morgan fingerprint density at radius 3 is 2.54 bits per heavy atom. The number of carbonyl (C=O) groups is 1. The summed E-state index contributed by atoms with van der Waals surface area (Å²) in [5.74, 6) is 4.14. The molecule has 4 rings (SSSR count). The van der Waals surface area contributed by atoms with Gasteiger partial charge in [0.15, 0.2) is 0 Å². The summed E-state index contributed by atoms with van der Waals surface area (Å²) in [7, 11) is 0. The summed E-state index contributed by atoms with van der Waals surface area (Å²) in [5, 5.41) is 0. The second-order valence-corrected chi connectivity index (χ2v) is 10.4. The molecule has 0 amide bonds. The van der Waals surface area contributed by atoms with Crippen LogP contribution in [0.1, 0.15) is 85.0 Å². The minimum atomic E-state index is 0.314. The molecule has 0 spiro atoms. The van der Waals surface area contributed by atoms with E-state index in [9.17, 15) is 4.79 Å². The molecule has 0 aromatic heterocycles. The fourth-order valence-corrected chi connectivity index (χ4v) is 7.66. The molecule has 134 valence electrons. The van der Waals surface area contributed by atoms with Gasteiger partial charge in [-0.15, -0.1) is 0 Å². The number of ketones is 1. The molecule has 0 aliphatic heterocycles. The quantitative estimate of drug-likeness (QED) is 0.525. The van der Waals surface area contributed by atoms with Crippen LogP contribution in [-0.2, 0) is 4.79 Å². The summed E-state index contributed by atoms with van der Waals surface area (Å²) in [6, 6.07) is 0. The van der Waals surface area contributed by atoms with Crippen molar-refractivity contribution in [1.82, 2.24) is 0 Å². The third-order valence-corrected chi connectivity index (χ3v) is 9.14. The van der Waals surface area contributed by atoms with Crippen molar-refractivity contribution in [1.29, 1.82) is 0 Å². The Kier molecular flexibility index (Phi) is 4.01. The molecule has 1 heteroatoms. The highest BCUT2D eigenvalue weighted by Gasteiger charge is 2.60. The van der Waals surface area contributed by atoms with Crippen LogP contribution in [0.5, 0.6) is 0 Å². The third kappa shape index (κ3) is 2.36. The van der Waals surface area contributed by atoms with Crippen molar-refractivity contribution in [3.8, 4) is 0 Å². The molecular formula is C23H36O. The van der Waals surface area contributed by atoms with E-state index in [4.69, 9.17) is 0 Å². The molecule has 0 aromatic carbocycles. The van der Waals surface area contributed by atoms with E-state index in [2.05, 4.69) is 27.4 Å². The first kappa shape index (κ1) is 16.9. The Morgan fingerprint density at radius 2 is 1.79 bits per heavy atom. The van der Waals surface area contributed by atoms with Gasteiger partial charge in [0.1, 0.15) is 5.78 Å². The van der Waals surface area contributed by atoms with E-state index in [-0.39, 0.29) is 0 Å². The van der Waals surface area contributed by atoms with Crippen LogP contribution in [0.3, 0.4) is 0 Å². The van der Waals surface area contributed by atoms with E-state index in [1.165, 1.54) is 56.9 Å². The molecule has 4 aliphatic rings. The number of rotatable bonds is 1. The predicted molar refractivity (Wildman–Crippen MR) is 99.7 cm³/mol. The van der Waals surface area contributed by atoms with Gasteiger partial charge in [0.2, 0.25) is 0 Å². The normalized spacial score (nSPS) is 51.3. The largest absolute Gasteiger partial charge is 0.299 e. The maximum absolute atomic E-state index is 12.9. The van der Waals surface area contributed by atoms with Crippen LogP contribution in [0.15, 0.2) is 12.2 Å². The fraction of sp³-hybridized carbons (Fsp3) is 0.870. The zero-order valence-corrected chi connectivity index (χ0v) is 16.1. The van der Waals surface area contributed by atoms with Gasteiger partial charge in [0, 0.05) is 12.3 Å². The molecular weight excluding hydrogens is 292 g/mol. The molecule has 0 heterocycles. The zero-order valence-electron chi connectivity index (χ0n) is 16.1. The molecule has 1 unspecified atom stereocenters. The maximum atomic E-state index is 12.9. The number of fused-ring (bicyclic) bond motifs is 5. The van der Waals surface area contributed by atoms with E-state index in [0.29, 0.717) is 28.4 Å². The zero-order chi connectivity index (χ0) is 17.1. The van der Waals surface area contributed by atoms with Gasteiger partial charge in [-0.3, -0.25) is 4.79 Å². The number of hydrogen-bond acceptors (Lipinski definition) is 1. The van der Waals surface area contributed by atoms with Crippen molar-refractivity contribution >= 4 is 5.78 Å². The SMILES string of the molecule is C=C(C)[C@H]1CCC2CC[C@@H]3[C@H]4C(=O)CCC[C@@]4(C)CC[C@@]3(C)[C@@H]2C1. The first-order chi connectivity index (χ1) is 11.3. The lowest BCUT2D eigenvalue weighted by molar-refractivity contribution is -0.162. The Hall–Kier alpha value is -0.590. The summed E-state index contributed by atoms with van der Waals surface area (Å²) in [6.45, 7) is 11.5. The van der Waals surface area contributed by atoms with Crippen LogP contribution in [0.2, 0.25) is 0 Å². The standard InChI is InChI=1S/C23H36O/c1-15(2)17-8-7-16-9-10-18-21-20(24)6-5-11-22(21,3)12-13-23(18,4)19(16)14-17/h16-19,21H,1,5-14H2,2-4H3/t16?,17-,18+,19+,21-,22-,23+/m0/s1. The number of allylic oxidation sites excluding steroid dienone is 1. The van der Waals surface area contributed by atoms with Crippen molar-refractivity contribution in [2.45, 2.75) is 85.0 Å². The van der Waals surface area contributed by atoms with Gasteiger partial charge in [0.05, 0.1) is 0 Å². The number of carbonyl (C=O) groups excluding carboxylic acids is 1. The minimum Gasteiger partial charge on any atom is -0.299 e. The van der Waals surface area contributed by atoms with Gasteiger partial charge in [-0.25, -0.2) is 0 Å². The molecule has 0 saturated heterocycles. The average molecular weight is 329 g/mol. The average Bonchev–Trinajstić information content (AvgIpc) is 2.54. The highest BCUT2D eigenvalue weighted by atomic mass is 16.1. The molecule has 0 radical (unpaired) electrons. The number of Topliss-reactive ketones (excluding diaryl/α,β-unsaturated/α-hetero) is 1. The lowest BCUT2D eigenvalue weighted by Gasteiger charge is -2.63. The maximum Gasteiger partial charge on any atom is 0.136 e. The fourth-order valence-electron chi connectivity index (χ4n) is 7.66. The summed E-state index contributed by atoms with van der Waals surface area (Å²) in [6.07, 6.45) is 12.8. The Morgan fingerprint density at radius 1 is 1.04 bits per heavy atom.